The maximum absolute atomic E-state index is 12.6. The zero-order valence-corrected chi connectivity index (χ0v) is 17.2. The number of rotatable bonds is 6. The van der Waals surface area contributed by atoms with Crippen LogP contribution < -0.4 is 10.6 Å². The molecule has 0 aliphatic rings. The van der Waals surface area contributed by atoms with E-state index >= 15 is 0 Å². The Labute approximate surface area is 172 Å². The average molecular weight is 422 g/mol. The van der Waals surface area contributed by atoms with Crippen LogP contribution in [0.2, 0.25) is 5.02 Å². The van der Waals surface area contributed by atoms with Crippen molar-refractivity contribution in [1.82, 2.24) is 10.6 Å². The highest BCUT2D eigenvalue weighted by atomic mass is 35.5. The molecule has 0 fully saturated rings. The molecule has 2 aromatic rings. The van der Waals surface area contributed by atoms with Gasteiger partial charge in [-0.3, -0.25) is 19.7 Å². The molecule has 0 saturated carbocycles. The topological polar surface area (TPSA) is 101 Å². The van der Waals surface area contributed by atoms with Crippen LogP contribution in [0, 0.1) is 10.1 Å². The van der Waals surface area contributed by atoms with Crippen molar-refractivity contribution in [2.24, 2.45) is 0 Å². The summed E-state index contributed by atoms with van der Waals surface area (Å²) in [6.07, 6.45) is 0. The van der Waals surface area contributed by atoms with E-state index in [1.54, 1.807) is 24.3 Å². The Balaban J connectivity index is 2.22. The van der Waals surface area contributed by atoms with Crippen molar-refractivity contribution < 1.29 is 14.5 Å². The minimum atomic E-state index is -0.570. The zero-order valence-electron chi connectivity index (χ0n) is 15.6. The van der Waals surface area contributed by atoms with Crippen LogP contribution in [0.1, 0.15) is 31.1 Å². The summed E-state index contributed by atoms with van der Waals surface area (Å²) in [5.41, 5.74) is -0.509. The van der Waals surface area contributed by atoms with E-state index < -0.39 is 16.4 Å². The van der Waals surface area contributed by atoms with Gasteiger partial charge in [-0.2, -0.15) is 0 Å². The molecule has 0 atom stereocenters. The molecule has 9 heteroatoms. The number of benzene rings is 2. The summed E-state index contributed by atoms with van der Waals surface area (Å²) < 4.78 is 0. The quantitative estimate of drug-likeness (QED) is 0.541. The lowest BCUT2D eigenvalue weighted by atomic mass is 10.1. The molecular formula is C19H20ClN3O4S. The molecule has 0 heterocycles. The fourth-order valence-corrected chi connectivity index (χ4v) is 3.30. The Hall–Kier alpha value is -2.58. The Morgan fingerprint density at radius 1 is 1.14 bits per heavy atom. The number of nitrogens with zero attached hydrogens (tertiary/aromatic N) is 1. The number of hydrogen-bond acceptors (Lipinski definition) is 5. The Bertz CT molecular complexity index is 895. The van der Waals surface area contributed by atoms with E-state index in [2.05, 4.69) is 10.6 Å². The molecule has 0 aliphatic carbocycles. The first kappa shape index (κ1) is 21.7. The normalized spacial score (nSPS) is 11.0. The van der Waals surface area contributed by atoms with Crippen molar-refractivity contribution >= 4 is 40.9 Å². The predicted octanol–water partition coefficient (Wildman–Crippen LogP) is 4.04. The fraction of sp³-hybridized carbons (Fsp3) is 0.263. The van der Waals surface area contributed by atoms with Gasteiger partial charge in [-0.15, -0.1) is 0 Å². The molecule has 0 bridgehead atoms. The monoisotopic (exact) mass is 421 g/mol. The van der Waals surface area contributed by atoms with Gasteiger partial charge < -0.3 is 10.6 Å². The molecule has 2 amide bonds. The van der Waals surface area contributed by atoms with Crippen molar-refractivity contribution in [1.29, 1.82) is 0 Å². The molecule has 0 spiro atoms. The predicted molar refractivity (Wildman–Crippen MR) is 109 cm³/mol. The Morgan fingerprint density at radius 3 is 2.36 bits per heavy atom. The average Bonchev–Trinajstić information content (AvgIpc) is 2.60. The summed E-state index contributed by atoms with van der Waals surface area (Å²) in [5, 5.41) is 16.9. The van der Waals surface area contributed by atoms with Crippen LogP contribution in [-0.4, -0.2) is 28.8 Å². The van der Waals surface area contributed by atoms with Crippen molar-refractivity contribution in [3.05, 3.63) is 63.2 Å². The third kappa shape index (κ3) is 6.54. The minimum Gasteiger partial charge on any atom is -0.350 e. The van der Waals surface area contributed by atoms with Crippen LogP contribution in [0.3, 0.4) is 0 Å². The van der Waals surface area contributed by atoms with Gasteiger partial charge in [-0.05, 0) is 51.1 Å². The highest BCUT2D eigenvalue weighted by molar-refractivity contribution is 7.99. The largest absolute Gasteiger partial charge is 0.350 e. The van der Waals surface area contributed by atoms with E-state index in [1.807, 2.05) is 20.8 Å². The molecule has 0 aromatic heterocycles. The van der Waals surface area contributed by atoms with Crippen molar-refractivity contribution in [3.63, 3.8) is 0 Å². The molecule has 2 N–H and O–H groups in total. The lowest BCUT2D eigenvalue weighted by Gasteiger charge is -2.20. The lowest BCUT2D eigenvalue weighted by Crippen LogP contribution is -2.45. The van der Waals surface area contributed by atoms with Gasteiger partial charge in [0, 0.05) is 32.5 Å². The molecular weight excluding hydrogens is 402 g/mol. The van der Waals surface area contributed by atoms with E-state index in [9.17, 15) is 19.7 Å². The van der Waals surface area contributed by atoms with Crippen LogP contribution in [0.5, 0.6) is 0 Å². The number of carbonyl (C=O) groups excluding carboxylic acids is 2. The van der Waals surface area contributed by atoms with Gasteiger partial charge >= 0.3 is 0 Å². The Kier molecular flexibility index (Phi) is 7.04. The molecule has 0 radical (unpaired) electrons. The third-order valence-corrected chi connectivity index (χ3v) is 4.72. The van der Waals surface area contributed by atoms with Crippen molar-refractivity contribution in [3.8, 4) is 0 Å². The number of nitro benzene ring substituents is 1. The zero-order chi connectivity index (χ0) is 20.9. The number of nitrogens with one attached hydrogen (secondary N) is 2. The number of carbonyl (C=O) groups is 2. The van der Waals surface area contributed by atoms with Crippen LogP contribution in [0.15, 0.2) is 52.3 Å². The van der Waals surface area contributed by atoms with Crippen molar-refractivity contribution in [2.75, 3.05) is 6.54 Å². The summed E-state index contributed by atoms with van der Waals surface area (Å²) in [5.74, 6) is -0.914. The molecule has 0 aliphatic heterocycles. The van der Waals surface area contributed by atoms with Gasteiger partial charge in [0.1, 0.15) is 0 Å². The molecule has 0 unspecified atom stereocenters. The van der Waals surface area contributed by atoms with E-state index in [0.29, 0.717) is 9.92 Å². The first-order valence-corrected chi connectivity index (χ1v) is 9.56. The van der Waals surface area contributed by atoms with Crippen LogP contribution in [-0.2, 0) is 4.79 Å². The van der Waals surface area contributed by atoms with Crippen LogP contribution >= 0.6 is 23.4 Å². The number of non-ortho nitro benzene ring substituents is 1. The first-order chi connectivity index (χ1) is 13.0. The maximum atomic E-state index is 12.6. The summed E-state index contributed by atoms with van der Waals surface area (Å²) >= 11 is 7.16. The summed E-state index contributed by atoms with van der Waals surface area (Å²) in [6, 6.07) is 11.1. The lowest BCUT2D eigenvalue weighted by molar-refractivity contribution is -0.384. The number of hydrogen-bond donors (Lipinski definition) is 2. The summed E-state index contributed by atoms with van der Waals surface area (Å²) in [6.45, 7) is 5.25. The number of nitro groups is 1. The third-order valence-electron chi connectivity index (χ3n) is 3.38. The summed E-state index contributed by atoms with van der Waals surface area (Å²) in [4.78, 5) is 36.4. The standard InChI is InChI=1S/C19H20ClN3O4S/c1-19(2,3)22-17(24)11-21-18(25)15-10-13(23(26)27)6-9-16(15)28-14-7-4-12(20)5-8-14/h4-10H,11H2,1-3H3,(H,21,25)(H,22,24). The summed E-state index contributed by atoms with van der Waals surface area (Å²) in [7, 11) is 0. The minimum absolute atomic E-state index is 0.123. The molecule has 148 valence electrons. The highest BCUT2D eigenvalue weighted by Crippen LogP contribution is 2.33. The molecule has 0 saturated heterocycles. The van der Waals surface area contributed by atoms with E-state index in [1.165, 1.54) is 30.0 Å². The molecule has 2 aromatic carbocycles. The van der Waals surface area contributed by atoms with Gasteiger partial charge in [-0.25, -0.2) is 0 Å². The SMILES string of the molecule is CC(C)(C)NC(=O)CNC(=O)c1cc([N+](=O)[O-])ccc1Sc1ccc(Cl)cc1. The smallest absolute Gasteiger partial charge is 0.270 e. The second-order valence-electron chi connectivity index (χ2n) is 6.97. The number of halogens is 1. The fourth-order valence-electron chi connectivity index (χ4n) is 2.25. The van der Waals surface area contributed by atoms with Gasteiger partial charge in [0.05, 0.1) is 17.0 Å². The van der Waals surface area contributed by atoms with Gasteiger partial charge in [0.15, 0.2) is 0 Å². The Morgan fingerprint density at radius 2 is 1.79 bits per heavy atom. The maximum Gasteiger partial charge on any atom is 0.270 e. The van der Waals surface area contributed by atoms with E-state index in [-0.39, 0.29) is 23.7 Å². The second-order valence-corrected chi connectivity index (χ2v) is 8.53. The van der Waals surface area contributed by atoms with Gasteiger partial charge in [0.2, 0.25) is 5.91 Å². The van der Waals surface area contributed by atoms with E-state index in [0.717, 1.165) is 4.90 Å². The van der Waals surface area contributed by atoms with E-state index in [4.69, 9.17) is 11.6 Å². The second kappa shape index (κ2) is 9.07. The van der Waals surface area contributed by atoms with Gasteiger partial charge in [-0.1, -0.05) is 23.4 Å². The first-order valence-electron chi connectivity index (χ1n) is 8.36. The van der Waals surface area contributed by atoms with Crippen molar-refractivity contribution in [2.45, 2.75) is 36.1 Å². The molecule has 28 heavy (non-hydrogen) atoms. The van der Waals surface area contributed by atoms with Crippen LogP contribution in [0.4, 0.5) is 5.69 Å². The van der Waals surface area contributed by atoms with Gasteiger partial charge in [0.25, 0.3) is 11.6 Å². The molecule has 7 nitrogen and oxygen atoms in total. The number of amides is 2. The highest BCUT2D eigenvalue weighted by Gasteiger charge is 2.19. The van der Waals surface area contributed by atoms with Crippen LogP contribution in [0.25, 0.3) is 0 Å². The molecule has 2 rings (SSSR count).